The van der Waals surface area contributed by atoms with Gasteiger partial charge in [-0.05, 0) is 102 Å². The lowest BCUT2D eigenvalue weighted by Crippen LogP contribution is -2.58. The van der Waals surface area contributed by atoms with E-state index in [2.05, 4.69) is 26.0 Å². The van der Waals surface area contributed by atoms with Gasteiger partial charge in [-0.1, -0.05) is 12.2 Å². The molecule has 4 heteroatoms. The summed E-state index contributed by atoms with van der Waals surface area (Å²) in [6, 6.07) is 0. The maximum absolute atomic E-state index is 12.8. The second-order valence-corrected chi connectivity index (χ2v) is 11.1. The van der Waals surface area contributed by atoms with Crippen LogP contribution in [0.5, 0.6) is 0 Å². The van der Waals surface area contributed by atoms with E-state index >= 15 is 0 Å². The molecule has 154 valence electrons. The summed E-state index contributed by atoms with van der Waals surface area (Å²) in [5, 5.41) is 0. The van der Waals surface area contributed by atoms with Crippen molar-refractivity contribution in [1.29, 1.82) is 0 Å². The number of hydrogen-bond donors (Lipinski definition) is 0. The SMILES string of the molecule is CC(OC(=O)C1CC2C=CC1C2)C(=O)OC(C)(C)C12CC3CC(CC(C3)C1)C2. The first kappa shape index (κ1) is 18.7. The van der Waals surface area contributed by atoms with E-state index in [0.29, 0.717) is 11.8 Å². The summed E-state index contributed by atoms with van der Waals surface area (Å²) < 4.78 is 11.6. The Hall–Kier alpha value is -1.32. The van der Waals surface area contributed by atoms with Gasteiger partial charge in [0.05, 0.1) is 5.92 Å². The van der Waals surface area contributed by atoms with Gasteiger partial charge in [0.25, 0.3) is 0 Å². The maximum Gasteiger partial charge on any atom is 0.347 e. The van der Waals surface area contributed by atoms with Crippen LogP contribution < -0.4 is 0 Å². The van der Waals surface area contributed by atoms with Crippen LogP contribution in [0.25, 0.3) is 0 Å². The fourth-order valence-corrected chi connectivity index (χ4v) is 7.65. The van der Waals surface area contributed by atoms with Gasteiger partial charge in [0.2, 0.25) is 0 Å². The molecule has 5 fully saturated rings. The van der Waals surface area contributed by atoms with E-state index in [-0.39, 0.29) is 23.3 Å². The molecule has 5 saturated carbocycles. The van der Waals surface area contributed by atoms with E-state index < -0.39 is 11.7 Å². The van der Waals surface area contributed by atoms with Crippen molar-refractivity contribution in [3.05, 3.63) is 12.2 Å². The predicted molar refractivity (Wildman–Crippen MR) is 105 cm³/mol. The van der Waals surface area contributed by atoms with Crippen LogP contribution in [-0.2, 0) is 19.1 Å². The quantitative estimate of drug-likeness (QED) is 0.509. The van der Waals surface area contributed by atoms with Gasteiger partial charge in [0, 0.05) is 5.41 Å². The lowest BCUT2D eigenvalue weighted by Gasteiger charge is -2.61. The third-order valence-electron chi connectivity index (χ3n) is 8.88. The van der Waals surface area contributed by atoms with E-state index in [1.807, 2.05) is 0 Å². The Morgan fingerprint density at radius 2 is 1.57 bits per heavy atom. The Balaban J connectivity index is 1.22. The van der Waals surface area contributed by atoms with Gasteiger partial charge in [-0.2, -0.15) is 0 Å². The van der Waals surface area contributed by atoms with Gasteiger partial charge in [0.15, 0.2) is 6.10 Å². The molecule has 0 N–H and O–H groups in total. The molecule has 0 aromatic rings. The number of carbonyl (C=O) groups excluding carboxylic acids is 2. The highest BCUT2D eigenvalue weighted by Gasteiger charge is 2.59. The zero-order valence-electron chi connectivity index (χ0n) is 17.5. The van der Waals surface area contributed by atoms with Gasteiger partial charge in [-0.3, -0.25) is 4.79 Å². The van der Waals surface area contributed by atoms with E-state index in [0.717, 1.165) is 30.6 Å². The predicted octanol–water partition coefficient (Wildman–Crippen LogP) is 4.67. The standard InChI is InChI=1S/C24H34O4/c1-14(27-22(26)20-10-15-4-5-19(20)9-15)21(25)28-23(2,3)24-11-16-6-17(12-24)8-18(7-16)13-24/h4-5,14-20H,6-13H2,1-3H3. The summed E-state index contributed by atoms with van der Waals surface area (Å²) in [5.74, 6) is 2.55. The van der Waals surface area contributed by atoms with Crippen LogP contribution >= 0.6 is 0 Å². The molecule has 0 heterocycles. The van der Waals surface area contributed by atoms with E-state index in [1.165, 1.54) is 38.5 Å². The van der Waals surface area contributed by atoms with Crippen LogP contribution in [0.15, 0.2) is 12.2 Å². The summed E-state index contributed by atoms with van der Waals surface area (Å²) in [4.78, 5) is 25.4. The average Bonchev–Trinajstić information content (AvgIpc) is 3.23. The molecule has 0 spiro atoms. The van der Waals surface area contributed by atoms with Crippen molar-refractivity contribution in [2.24, 2.45) is 40.9 Å². The second-order valence-electron chi connectivity index (χ2n) is 11.1. The second kappa shape index (κ2) is 6.34. The molecule has 0 amide bonds. The Kier molecular flexibility index (Phi) is 4.23. The minimum absolute atomic E-state index is 0.0820. The minimum atomic E-state index is -0.830. The Labute approximate surface area is 168 Å². The van der Waals surface area contributed by atoms with Crippen molar-refractivity contribution in [2.75, 3.05) is 0 Å². The van der Waals surface area contributed by atoms with Gasteiger partial charge < -0.3 is 9.47 Å². The van der Waals surface area contributed by atoms with Crippen LogP contribution in [0.1, 0.15) is 72.1 Å². The van der Waals surface area contributed by atoms with Crippen LogP contribution in [0, 0.1) is 40.9 Å². The Morgan fingerprint density at radius 3 is 2.07 bits per heavy atom. The fourth-order valence-electron chi connectivity index (χ4n) is 7.65. The smallest absolute Gasteiger partial charge is 0.347 e. The molecular weight excluding hydrogens is 352 g/mol. The molecule has 0 aliphatic heterocycles. The Bertz CT molecular complexity index is 670. The van der Waals surface area contributed by atoms with E-state index in [4.69, 9.17) is 9.47 Å². The summed E-state index contributed by atoms with van der Waals surface area (Å²) in [6.45, 7) is 5.85. The number of hydrogen-bond acceptors (Lipinski definition) is 4. The van der Waals surface area contributed by atoms with Crippen molar-refractivity contribution >= 4 is 11.9 Å². The topological polar surface area (TPSA) is 52.6 Å². The molecule has 0 aromatic heterocycles. The van der Waals surface area contributed by atoms with E-state index in [1.54, 1.807) is 6.92 Å². The molecule has 0 aromatic carbocycles. The molecule has 6 aliphatic rings. The monoisotopic (exact) mass is 386 g/mol. The first-order valence-corrected chi connectivity index (χ1v) is 11.4. The summed E-state index contributed by atoms with van der Waals surface area (Å²) in [5.41, 5.74) is -0.396. The molecule has 4 atom stereocenters. The zero-order valence-corrected chi connectivity index (χ0v) is 17.5. The highest BCUT2D eigenvalue weighted by Crippen LogP contribution is 2.64. The lowest BCUT2D eigenvalue weighted by atomic mass is 9.46. The Morgan fingerprint density at radius 1 is 0.964 bits per heavy atom. The van der Waals surface area contributed by atoms with Gasteiger partial charge in [0.1, 0.15) is 5.60 Å². The number of carbonyl (C=O) groups is 2. The minimum Gasteiger partial charge on any atom is -0.456 e. The highest BCUT2D eigenvalue weighted by molar-refractivity contribution is 5.81. The number of esters is 2. The van der Waals surface area contributed by atoms with Gasteiger partial charge in [-0.15, -0.1) is 0 Å². The third-order valence-corrected chi connectivity index (χ3v) is 8.88. The van der Waals surface area contributed by atoms with E-state index in [9.17, 15) is 9.59 Å². The van der Waals surface area contributed by atoms with Crippen molar-refractivity contribution in [1.82, 2.24) is 0 Å². The normalized spacial score (nSPS) is 44.0. The molecule has 4 unspecified atom stereocenters. The lowest BCUT2D eigenvalue weighted by molar-refractivity contribution is -0.208. The number of allylic oxidation sites excluding steroid dienone is 2. The molecule has 0 saturated heterocycles. The third kappa shape index (κ3) is 2.93. The van der Waals surface area contributed by atoms with Crippen LogP contribution in [0.2, 0.25) is 0 Å². The summed E-state index contributed by atoms with van der Waals surface area (Å²) >= 11 is 0. The molecule has 6 aliphatic carbocycles. The summed E-state index contributed by atoms with van der Waals surface area (Å²) in [6.07, 6.45) is 13.1. The fraction of sp³-hybridized carbons (Fsp3) is 0.833. The van der Waals surface area contributed by atoms with Crippen molar-refractivity contribution in [3.63, 3.8) is 0 Å². The summed E-state index contributed by atoms with van der Waals surface area (Å²) in [7, 11) is 0. The number of fused-ring (bicyclic) bond motifs is 2. The van der Waals surface area contributed by atoms with Gasteiger partial charge >= 0.3 is 11.9 Å². The molecular formula is C24H34O4. The average molecular weight is 387 g/mol. The van der Waals surface area contributed by atoms with Crippen LogP contribution in [-0.4, -0.2) is 23.6 Å². The van der Waals surface area contributed by atoms with Crippen molar-refractivity contribution < 1.29 is 19.1 Å². The van der Waals surface area contributed by atoms with Gasteiger partial charge in [-0.25, -0.2) is 4.79 Å². The largest absolute Gasteiger partial charge is 0.456 e. The zero-order chi connectivity index (χ0) is 19.7. The highest BCUT2D eigenvalue weighted by atomic mass is 16.6. The molecule has 6 rings (SSSR count). The number of rotatable bonds is 5. The first-order chi connectivity index (χ1) is 13.2. The number of ether oxygens (including phenoxy) is 2. The maximum atomic E-state index is 12.8. The van der Waals surface area contributed by atoms with Crippen molar-refractivity contribution in [2.45, 2.75) is 83.8 Å². The molecule has 4 nitrogen and oxygen atoms in total. The molecule has 0 radical (unpaired) electrons. The first-order valence-electron chi connectivity index (χ1n) is 11.4. The van der Waals surface area contributed by atoms with Crippen LogP contribution in [0.4, 0.5) is 0 Å². The molecule has 28 heavy (non-hydrogen) atoms. The van der Waals surface area contributed by atoms with Crippen molar-refractivity contribution in [3.8, 4) is 0 Å². The molecule has 6 bridgehead atoms. The van der Waals surface area contributed by atoms with Crippen LogP contribution in [0.3, 0.4) is 0 Å².